The van der Waals surface area contributed by atoms with Gasteiger partial charge in [-0.25, -0.2) is 0 Å². The van der Waals surface area contributed by atoms with Crippen LogP contribution in [-0.2, 0) is 4.74 Å². The third-order valence-electron chi connectivity index (χ3n) is 2.16. The number of halogens is 7. The number of aliphatic hydroxyl groups excluding tert-OH is 1. The van der Waals surface area contributed by atoms with Gasteiger partial charge in [-0.05, 0) is 12.1 Å². The predicted molar refractivity (Wildman–Crippen MR) is 89.7 cm³/mol. The molecule has 0 aromatic carbocycles. The molecule has 1 heterocycles. The van der Waals surface area contributed by atoms with Gasteiger partial charge in [-0.3, -0.25) is 4.79 Å². The summed E-state index contributed by atoms with van der Waals surface area (Å²) in [4.78, 5) is 12.4. The first-order chi connectivity index (χ1) is 9.41. The lowest BCUT2D eigenvalue weighted by Crippen LogP contribution is -2.39. The number of hydrogen-bond donors (Lipinski definition) is 1. The van der Waals surface area contributed by atoms with Crippen LogP contribution in [0.25, 0.3) is 0 Å². The molecule has 21 heavy (non-hydrogen) atoms. The molecule has 0 amide bonds. The Hall–Kier alpha value is 1.32. The van der Waals surface area contributed by atoms with E-state index in [4.69, 9.17) is 85.9 Å². The Balaban J connectivity index is 2.82. The van der Waals surface area contributed by atoms with E-state index in [0.29, 0.717) is 9.21 Å². The number of hydrogen-bond acceptors (Lipinski definition) is 4. The normalized spacial score (nSPS) is 15.8. The number of Topliss-reactive ketones (excluding diaryl/α,β-unsaturated/α-hetero) is 1. The van der Waals surface area contributed by atoms with Gasteiger partial charge in [0.15, 0.2) is 5.78 Å². The third kappa shape index (κ3) is 6.76. The van der Waals surface area contributed by atoms with Crippen LogP contribution in [0.15, 0.2) is 12.1 Å². The zero-order valence-corrected chi connectivity index (χ0v) is 15.9. The minimum Gasteiger partial charge on any atom is -0.365 e. The van der Waals surface area contributed by atoms with Crippen LogP contribution in [-0.4, -0.2) is 30.9 Å². The Morgan fingerprint density at radius 2 is 1.76 bits per heavy atom. The second-order valence-corrected chi connectivity index (χ2v) is 10.2. The smallest absolute Gasteiger partial charge is 0.240 e. The molecule has 1 rings (SSSR count). The molecule has 0 bridgehead atoms. The van der Waals surface area contributed by atoms with Gasteiger partial charge >= 0.3 is 0 Å². The topological polar surface area (TPSA) is 46.5 Å². The molecule has 0 saturated carbocycles. The number of rotatable bonds is 5. The number of ether oxygens (including phenoxy) is 1. The van der Waals surface area contributed by atoms with Crippen LogP contribution in [0.5, 0.6) is 0 Å². The number of ketones is 1. The third-order valence-corrected chi connectivity index (χ3v) is 4.72. The predicted octanol–water partition coefficient (Wildman–Crippen LogP) is 5.42. The average molecular weight is 455 g/mol. The molecule has 1 aromatic rings. The molecule has 0 fully saturated rings. The molecule has 11 heteroatoms. The highest BCUT2D eigenvalue weighted by Gasteiger charge is 2.42. The van der Waals surface area contributed by atoms with Crippen molar-refractivity contribution in [2.75, 3.05) is 0 Å². The summed E-state index contributed by atoms with van der Waals surface area (Å²) in [6.07, 6.45) is -3.53. The van der Waals surface area contributed by atoms with E-state index in [0.717, 1.165) is 11.3 Å². The monoisotopic (exact) mass is 452 g/mol. The molecule has 3 nitrogen and oxygen atoms in total. The van der Waals surface area contributed by atoms with Crippen molar-refractivity contribution < 1.29 is 14.6 Å². The van der Waals surface area contributed by atoms with Gasteiger partial charge in [0, 0.05) is 6.42 Å². The second kappa shape index (κ2) is 7.93. The molecular weight excluding hydrogens is 448 g/mol. The fourth-order valence-electron chi connectivity index (χ4n) is 1.21. The summed E-state index contributed by atoms with van der Waals surface area (Å²) in [5.41, 5.74) is 0. The molecule has 0 aliphatic rings. The molecular formula is C10H7Cl7O3S. The van der Waals surface area contributed by atoms with E-state index in [2.05, 4.69) is 0 Å². The van der Waals surface area contributed by atoms with E-state index in [-0.39, 0.29) is 12.2 Å². The summed E-state index contributed by atoms with van der Waals surface area (Å²) in [5.74, 6) is -0.389. The van der Waals surface area contributed by atoms with Crippen molar-refractivity contribution in [3.05, 3.63) is 21.3 Å². The SMILES string of the molecule is O=C(C[C@@H](O[C@H](O)C(Cl)(Cl)Cl)C(Cl)(Cl)Cl)c1ccc(Cl)s1. The Bertz CT molecular complexity index is 494. The Labute approximate surface area is 159 Å². The van der Waals surface area contributed by atoms with Crippen LogP contribution < -0.4 is 0 Å². The van der Waals surface area contributed by atoms with Crippen molar-refractivity contribution in [3.63, 3.8) is 0 Å². The van der Waals surface area contributed by atoms with Gasteiger partial charge in [0.25, 0.3) is 0 Å². The molecule has 0 radical (unpaired) electrons. The summed E-state index contributed by atoms with van der Waals surface area (Å²) in [5, 5.41) is 9.58. The molecule has 0 aliphatic heterocycles. The number of alkyl halides is 6. The zero-order chi connectivity index (χ0) is 16.4. The van der Waals surface area contributed by atoms with Crippen LogP contribution in [0.2, 0.25) is 4.34 Å². The van der Waals surface area contributed by atoms with E-state index < -0.39 is 20.0 Å². The molecule has 0 unspecified atom stereocenters. The summed E-state index contributed by atoms with van der Waals surface area (Å²) in [6.45, 7) is 0. The van der Waals surface area contributed by atoms with Gasteiger partial charge in [0.1, 0.15) is 6.10 Å². The summed E-state index contributed by atoms with van der Waals surface area (Å²) in [6, 6.07) is 3.08. The van der Waals surface area contributed by atoms with E-state index in [9.17, 15) is 9.90 Å². The Morgan fingerprint density at radius 3 is 2.14 bits per heavy atom. The number of thiophene rings is 1. The fraction of sp³-hybridized carbons (Fsp3) is 0.500. The van der Waals surface area contributed by atoms with Crippen LogP contribution >= 0.6 is 92.5 Å². The highest BCUT2D eigenvalue weighted by Crippen LogP contribution is 2.39. The van der Waals surface area contributed by atoms with Gasteiger partial charge in [-0.15, -0.1) is 11.3 Å². The Morgan fingerprint density at radius 1 is 1.19 bits per heavy atom. The Kier molecular flexibility index (Phi) is 7.69. The first kappa shape index (κ1) is 20.4. The van der Waals surface area contributed by atoms with Gasteiger partial charge in [0.05, 0.1) is 9.21 Å². The van der Waals surface area contributed by atoms with Crippen LogP contribution in [0.4, 0.5) is 0 Å². The summed E-state index contributed by atoms with van der Waals surface area (Å²) >= 11 is 40.3. The molecule has 1 N–H and O–H groups in total. The van der Waals surface area contributed by atoms with Crippen LogP contribution in [0.3, 0.4) is 0 Å². The first-order valence-corrected chi connectivity index (χ1v) is 8.63. The van der Waals surface area contributed by atoms with Gasteiger partial charge in [0.2, 0.25) is 13.9 Å². The van der Waals surface area contributed by atoms with E-state index in [1.165, 1.54) is 6.07 Å². The van der Waals surface area contributed by atoms with Crippen molar-refractivity contribution in [3.8, 4) is 0 Å². The maximum atomic E-state index is 12.1. The molecule has 0 aliphatic carbocycles. The number of aliphatic hydroxyl groups is 1. The minimum atomic E-state index is -2.15. The second-order valence-electron chi connectivity index (χ2n) is 3.79. The van der Waals surface area contributed by atoms with Gasteiger partial charge in [-0.2, -0.15) is 0 Å². The average Bonchev–Trinajstić information content (AvgIpc) is 2.72. The first-order valence-electron chi connectivity index (χ1n) is 5.16. The van der Waals surface area contributed by atoms with Crippen molar-refractivity contribution in [1.82, 2.24) is 0 Å². The lowest BCUT2D eigenvalue weighted by molar-refractivity contribution is -0.130. The van der Waals surface area contributed by atoms with Crippen LogP contribution in [0.1, 0.15) is 16.1 Å². The molecule has 1 aromatic heterocycles. The van der Waals surface area contributed by atoms with Crippen molar-refractivity contribution in [2.24, 2.45) is 0 Å². The molecule has 0 spiro atoms. The maximum absolute atomic E-state index is 12.1. The fourth-order valence-corrected chi connectivity index (χ4v) is 2.74. The number of carbonyl (C=O) groups excluding carboxylic acids is 1. The summed E-state index contributed by atoms with van der Waals surface area (Å²) < 4.78 is 1.27. The lowest BCUT2D eigenvalue weighted by Gasteiger charge is -2.29. The largest absolute Gasteiger partial charge is 0.365 e. The van der Waals surface area contributed by atoms with Crippen molar-refractivity contribution in [2.45, 2.75) is 26.4 Å². The lowest BCUT2D eigenvalue weighted by atomic mass is 10.1. The summed E-state index contributed by atoms with van der Waals surface area (Å²) in [7, 11) is 0. The maximum Gasteiger partial charge on any atom is 0.240 e. The van der Waals surface area contributed by atoms with E-state index in [1.54, 1.807) is 6.07 Å². The molecule has 120 valence electrons. The van der Waals surface area contributed by atoms with E-state index >= 15 is 0 Å². The van der Waals surface area contributed by atoms with Gasteiger partial charge < -0.3 is 9.84 Å². The zero-order valence-electron chi connectivity index (χ0n) is 9.83. The highest BCUT2D eigenvalue weighted by atomic mass is 35.6. The number of carbonyl (C=O) groups is 1. The minimum absolute atomic E-state index is 0.342. The van der Waals surface area contributed by atoms with Crippen LogP contribution in [0, 0.1) is 0 Å². The molecule has 0 saturated heterocycles. The van der Waals surface area contributed by atoms with E-state index in [1.807, 2.05) is 0 Å². The highest BCUT2D eigenvalue weighted by molar-refractivity contribution is 7.18. The van der Waals surface area contributed by atoms with Crippen molar-refractivity contribution in [1.29, 1.82) is 0 Å². The quantitative estimate of drug-likeness (QED) is 0.367. The standard InChI is InChI=1S/C10H7Cl7O3S/c11-7-2-1-5(21-7)4(18)3-6(9(12,13)14)20-8(19)10(15,16)17/h1-2,6,8,19H,3H2/t6-,8+/m1/s1. The van der Waals surface area contributed by atoms with Gasteiger partial charge in [-0.1, -0.05) is 81.2 Å². The van der Waals surface area contributed by atoms with Crippen molar-refractivity contribution >= 4 is 98.3 Å². The molecule has 2 atom stereocenters.